The third-order valence-corrected chi connectivity index (χ3v) is 3.02. The van der Waals surface area contributed by atoms with Crippen LogP contribution >= 0.6 is 11.6 Å². The van der Waals surface area contributed by atoms with E-state index in [0.717, 1.165) is 13.0 Å². The number of rotatable bonds is 5. The van der Waals surface area contributed by atoms with Crippen LogP contribution in [0.1, 0.15) is 32.6 Å². The lowest BCUT2D eigenvalue weighted by Gasteiger charge is -2.09. The highest BCUT2D eigenvalue weighted by Crippen LogP contribution is 2.19. The standard InChI is InChI=1S/C11H18ClNO/c1-9(8-12)11(14)13-7-6-10-4-2-3-5-10/h4,9H,2-3,5-8H2,1H3,(H,13,14). The predicted molar refractivity (Wildman–Crippen MR) is 59.4 cm³/mol. The van der Waals surface area contributed by atoms with Crippen molar-refractivity contribution in [3.05, 3.63) is 11.6 Å². The second-order valence-electron chi connectivity index (χ2n) is 3.85. The summed E-state index contributed by atoms with van der Waals surface area (Å²) in [6.45, 7) is 2.60. The van der Waals surface area contributed by atoms with Crippen LogP contribution in [-0.4, -0.2) is 18.3 Å². The molecule has 0 aromatic rings. The fourth-order valence-electron chi connectivity index (χ4n) is 1.55. The van der Waals surface area contributed by atoms with Crippen LogP contribution in [0.5, 0.6) is 0 Å². The summed E-state index contributed by atoms with van der Waals surface area (Å²) in [7, 11) is 0. The fraction of sp³-hybridized carbons (Fsp3) is 0.727. The smallest absolute Gasteiger partial charge is 0.224 e. The highest BCUT2D eigenvalue weighted by atomic mass is 35.5. The van der Waals surface area contributed by atoms with E-state index in [4.69, 9.17) is 11.6 Å². The molecule has 80 valence electrons. The molecule has 14 heavy (non-hydrogen) atoms. The molecule has 1 amide bonds. The maximum absolute atomic E-state index is 11.3. The number of nitrogens with one attached hydrogen (secondary N) is 1. The van der Waals surface area contributed by atoms with Gasteiger partial charge < -0.3 is 5.32 Å². The summed E-state index contributed by atoms with van der Waals surface area (Å²) in [6.07, 6.45) is 6.99. The average Bonchev–Trinajstić information content (AvgIpc) is 2.69. The predicted octanol–water partition coefficient (Wildman–Crippen LogP) is 2.48. The Morgan fingerprint density at radius 1 is 1.71 bits per heavy atom. The van der Waals surface area contributed by atoms with Crippen molar-refractivity contribution in [3.63, 3.8) is 0 Å². The molecule has 0 saturated heterocycles. The van der Waals surface area contributed by atoms with Crippen molar-refractivity contribution in [1.82, 2.24) is 5.32 Å². The van der Waals surface area contributed by atoms with Crippen molar-refractivity contribution in [2.45, 2.75) is 32.6 Å². The van der Waals surface area contributed by atoms with Gasteiger partial charge in [-0.05, 0) is 25.7 Å². The molecule has 3 heteroatoms. The molecule has 0 aromatic heterocycles. The molecule has 1 aliphatic rings. The summed E-state index contributed by atoms with van der Waals surface area (Å²) < 4.78 is 0. The van der Waals surface area contributed by atoms with Gasteiger partial charge in [-0.1, -0.05) is 18.6 Å². The van der Waals surface area contributed by atoms with Gasteiger partial charge in [-0.3, -0.25) is 4.79 Å². The number of amides is 1. The second-order valence-corrected chi connectivity index (χ2v) is 4.16. The number of halogens is 1. The largest absolute Gasteiger partial charge is 0.356 e. The average molecular weight is 216 g/mol. The second kappa shape index (κ2) is 6.07. The molecule has 0 aliphatic heterocycles. The van der Waals surface area contributed by atoms with E-state index in [9.17, 15) is 4.79 Å². The topological polar surface area (TPSA) is 29.1 Å². The maximum atomic E-state index is 11.3. The zero-order valence-corrected chi connectivity index (χ0v) is 9.44. The summed E-state index contributed by atoms with van der Waals surface area (Å²) in [5.74, 6) is 0.391. The summed E-state index contributed by atoms with van der Waals surface area (Å²) in [6, 6.07) is 0. The van der Waals surface area contributed by atoms with E-state index < -0.39 is 0 Å². The van der Waals surface area contributed by atoms with Crippen molar-refractivity contribution >= 4 is 17.5 Å². The first-order valence-corrected chi connectivity index (χ1v) is 5.79. The molecule has 0 spiro atoms. The lowest BCUT2D eigenvalue weighted by atomic mass is 10.1. The lowest BCUT2D eigenvalue weighted by Crippen LogP contribution is -2.30. The Morgan fingerprint density at radius 2 is 2.50 bits per heavy atom. The van der Waals surface area contributed by atoms with E-state index >= 15 is 0 Å². The summed E-state index contributed by atoms with van der Waals surface area (Å²) in [5.41, 5.74) is 1.49. The van der Waals surface area contributed by atoms with Crippen molar-refractivity contribution in [3.8, 4) is 0 Å². The van der Waals surface area contributed by atoms with Gasteiger partial charge in [0.25, 0.3) is 0 Å². The van der Waals surface area contributed by atoms with E-state index in [0.29, 0.717) is 5.88 Å². The molecule has 1 rings (SSSR count). The van der Waals surface area contributed by atoms with E-state index in [2.05, 4.69) is 11.4 Å². The number of alkyl halides is 1. The molecule has 1 aliphatic carbocycles. The molecule has 1 unspecified atom stereocenters. The van der Waals surface area contributed by atoms with Gasteiger partial charge >= 0.3 is 0 Å². The first kappa shape index (κ1) is 11.6. The first-order valence-electron chi connectivity index (χ1n) is 5.25. The minimum atomic E-state index is -0.0748. The maximum Gasteiger partial charge on any atom is 0.224 e. The molecular weight excluding hydrogens is 198 g/mol. The normalized spacial score (nSPS) is 17.7. The number of hydrogen-bond acceptors (Lipinski definition) is 1. The van der Waals surface area contributed by atoms with Crippen LogP contribution in [0.2, 0.25) is 0 Å². The summed E-state index contributed by atoms with van der Waals surface area (Å²) in [4.78, 5) is 11.3. The number of hydrogen-bond donors (Lipinski definition) is 1. The molecule has 2 nitrogen and oxygen atoms in total. The van der Waals surface area contributed by atoms with Gasteiger partial charge in [-0.25, -0.2) is 0 Å². The Morgan fingerprint density at radius 3 is 3.07 bits per heavy atom. The molecule has 1 N–H and O–H groups in total. The minimum absolute atomic E-state index is 0.0681. The van der Waals surface area contributed by atoms with E-state index in [1.165, 1.54) is 24.8 Å². The zero-order chi connectivity index (χ0) is 10.4. The minimum Gasteiger partial charge on any atom is -0.356 e. The van der Waals surface area contributed by atoms with Gasteiger partial charge in [0.2, 0.25) is 5.91 Å². The van der Waals surface area contributed by atoms with Crippen molar-refractivity contribution < 1.29 is 4.79 Å². The van der Waals surface area contributed by atoms with Crippen LogP contribution in [0.3, 0.4) is 0 Å². The van der Waals surface area contributed by atoms with Crippen LogP contribution in [0, 0.1) is 5.92 Å². The molecule has 0 fully saturated rings. The highest BCUT2D eigenvalue weighted by Gasteiger charge is 2.11. The van der Waals surface area contributed by atoms with Crippen LogP contribution in [0.15, 0.2) is 11.6 Å². The van der Waals surface area contributed by atoms with Gasteiger partial charge in [0.1, 0.15) is 0 Å². The van der Waals surface area contributed by atoms with Crippen LogP contribution in [0.4, 0.5) is 0 Å². The molecule has 0 heterocycles. The van der Waals surface area contributed by atoms with Gasteiger partial charge in [-0.2, -0.15) is 0 Å². The molecule has 0 radical (unpaired) electrons. The first-order chi connectivity index (χ1) is 6.74. The van der Waals surface area contributed by atoms with Gasteiger partial charge in [0.15, 0.2) is 0 Å². The van der Waals surface area contributed by atoms with E-state index in [1.807, 2.05) is 6.92 Å². The molecule has 0 saturated carbocycles. The fourth-order valence-corrected chi connectivity index (χ4v) is 1.70. The number of carbonyl (C=O) groups is 1. The highest BCUT2D eigenvalue weighted by molar-refractivity contribution is 6.19. The van der Waals surface area contributed by atoms with Crippen LogP contribution in [0.25, 0.3) is 0 Å². The third-order valence-electron chi connectivity index (χ3n) is 2.56. The Kier molecular flexibility index (Phi) is 5.02. The molecule has 1 atom stereocenters. The molecular formula is C11H18ClNO. The van der Waals surface area contributed by atoms with Gasteiger partial charge in [-0.15, -0.1) is 11.6 Å². The Labute approximate surface area is 90.7 Å². The van der Waals surface area contributed by atoms with Crippen molar-refractivity contribution in [1.29, 1.82) is 0 Å². The lowest BCUT2D eigenvalue weighted by molar-refractivity contribution is -0.123. The number of allylic oxidation sites excluding steroid dienone is 1. The summed E-state index contributed by atoms with van der Waals surface area (Å²) >= 11 is 5.58. The van der Waals surface area contributed by atoms with Crippen molar-refractivity contribution in [2.24, 2.45) is 5.92 Å². The summed E-state index contributed by atoms with van der Waals surface area (Å²) in [5, 5.41) is 2.90. The quantitative estimate of drug-likeness (QED) is 0.554. The molecule has 0 aromatic carbocycles. The Balaban J connectivity index is 2.11. The van der Waals surface area contributed by atoms with Crippen molar-refractivity contribution in [2.75, 3.05) is 12.4 Å². The monoisotopic (exact) mass is 215 g/mol. The Hall–Kier alpha value is -0.500. The SMILES string of the molecule is CC(CCl)C(=O)NCCC1=CCCC1. The Bertz CT molecular complexity index is 225. The van der Waals surface area contributed by atoms with Crippen LogP contribution in [-0.2, 0) is 4.79 Å². The van der Waals surface area contributed by atoms with E-state index in [1.54, 1.807) is 0 Å². The van der Waals surface area contributed by atoms with Gasteiger partial charge in [0, 0.05) is 18.3 Å². The third kappa shape index (κ3) is 3.70. The van der Waals surface area contributed by atoms with Gasteiger partial charge in [0.05, 0.1) is 0 Å². The zero-order valence-electron chi connectivity index (χ0n) is 8.68. The van der Waals surface area contributed by atoms with E-state index in [-0.39, 0.29) is 11.8 Å². The van der Waals surface area contributed by atoms with Crippen LogP contribution < -0.4 is 5.32 Å². The number of carbonyl (C=O) groups excluding carboxylic acids is 1. The molecule has 0 bridgehead atoms.